The van der Waals surface area contributed by atoms with E-state index in [1.54, 1.807) is 23.6 Å². The van der Waals surface area contributed by atoms with Crippen LogP contribution in [0, 0.1) is 0 Å². The SMILES string of the molecule is Clc1cc(Cl)c2nc(-c3cc(Br)cs3)cn2c1. The maximum atomic E-state index is 6.09. The molecule has 0 saturated heterocycles. The lowest BCUT2D eigenvalue weighted by atomic mass is 10.4. The van der Waals surface area contributed by atoms with E-state index in [9.17, 15) is 0 Å². The Morgan fingerprint density at radius 3 is 2.76 bits per heavy atom. The van der Waals surface area contributed by atoms with Crippen LogP contribution >= 0.6 is 50.5 Å². The van der Waals surface area contributed by atoms with Crippen LogP contribution < -0.4 is 0 Å². The molecule has 0 aromatic carbocycles. The molecular weight excluding hydrogens is 343 g/mol. The molecule has 3 aromatic rings. The van der Waals surface area contributed by atoms with Gasteiger partial charge in [-0.1, -0.05) is 23.2 Å². The van der Waals surface area contributed by atoms with Crippen LogP contribution in [0.1, 0.15) is 0 Å². The maximum Gasteiger partial charge on any atom is 0.156 e. The Kier molecular flexibility index (Phi) is 2.91. The molecule has 0 unspecified atom stereocenters. The second-order valence-electron chi connectivity index (χ2n) is 3.49. The summed E-state index contributed by atoms with van der Waals surface area (Å²) >= 11 is 17.1. The van der Waals surface area contributed by atoms with E-state index in [2.05, 4.69) is 20.9 Å². The predicted molar refractivity (Wildman–Crippen MR) is 76.2 cm³/mol. The molecule has 17 heavy (non-hydrogen) atoms. The number of fused-ring (bicyclic) bond motifs is 1. The van der Waals surface area contributed by atoms with Crippen molar-refractivity contribution in [3.63, 3.8) is 0 Å². The fourth-order valence-corrected chi connectivity index (χ4v) is 3.50. The van der Waals surface area contributed by atoms with Gasteiger partial charge in [0.25, 0.3) is 0 Å². The molecule has 3 heterocycles. The normalized spacial score (nSPS) is 11.2. The third-order valence-electron chi connectivity index (χ3n) is 2.29. The Hall–Kier alpha value is -0.550. The molecule has 0 radical (unpaired) electrons. The fourth-order valence-electron chi connectivity index (χ4n) is 1.59. The van der Waals surface area contributed by atoms with Crippen LogP contribution in [0.4, 0.5) is 0 Å². The summed E-state index contributed by atoms with van der Waals surface area (Å²) in [5.41, 5.74) is 1.61. The summed E-state index contributed by atoms with van der Waals surface area (Å²) in [4.78, 5) is 5.59. The van der Waals surface area contributed by atoms with Gasteiger partial charge in [-0.25, -0.2) is 4.98 Å². The molecule has 0 atom stereocenters. The zero-order valence-corrected chi connectivity index (χ0v) is 12.2. The van der Waals surface area contributed by atoms with Crippen molar-refractivity contribution < 1.29 is 0 Å². The minimum Gasteiger partial charge on any atom is -0.304 e. The van der Waals surface area contributed by atoms with Gasteiger partial charge in [0.05, 0.1) is 20.6 Å². The lowest BCUT2D eigenvalue weighted by Crippen LogP contribution is -1.82. The second-order valence-corrected chi connectivity index (χ2v) is 6.16. The highest BCUT2D eigenvalue weighted by molar-refractivity contribution is 9.10. The van der Waals surface area contributed by atoms with Crippen LogP contribution in [-0.4, -0.2) is 9.38 Å². The molecule has 2 nitrogen and oxygen atoms in total. The van der Waals surface area contributed by atoms with E-state index in [0.717, 1.165) is 20.7 Å². The zero-order valence-electron chi connectivity index (χ0n) is 8.32. The van der Waals surface area contributed by atoms with E-state index in [1.807, 2.05) is 22.0 Å². The van der Waals surface area contributed by atoms with Gasteiger partial charge in [0, 0.05) is 22.2 Å². The molecule has 86 valence electrons. The summed E-state index contributed by atoms with van der Waals surface area (Å²) in [6, 6.07) is 3.72. The molecular formula is C11H5BrCl2N2S. The summed E-state index contributed by atoms with van der Waals surface area (Å²) in [5.74, 6) is 0. The smallest absolute Gasteiger partial charge is 0.156 e. The van der Waals surface area contributed by atoms with E-state index >= 15 is 0 Å². The first-order chi connectivity index (χ1) is 8.13. The highest BCUT2D eigenvalue weighted by Gasteiger charge is 2.09. The first-order valence-electron chi connectivity index (χ1n) is 4.71. The monoisotopic (exact) mass is 346 g/mol. The van der Waals surface area contributed by atoms with E-state index < -0.39 is 0 Å². The van der Waals surface area contributed by atoms with Gasteiger partial charge < -0.3 is 4.40 Å². The summed E-state index contributed by atoms with van der Waals surface area (Å²) < 4.78 is 2.90. The van der Waals surface area contributed by atoms with E-state index in [4.69, 9.17) is 23.2 Å². The number of hydrogen-bond acceptors (Lipinski definition) is 2. The molecule has 0 N–H and O–H groups in total. The standard InChI is InChI=1S/C11H5BrCl2N2S/c12-6-1-10(17-5-6)9-4-16-3-7(13)2-8(14)11(16)15-9/h1-5H. The highest BCUT2D eigenvalue weighted by atomic mass is 79.9. The number of halogens is 3. The number of aromatic nitrogens is 2. The van der Waals surface area contributed by atoms with Crippen molar-refractivity contribution in [1.29, 1.82) is 0 Å². The van der Waals surface area contributed by atoms with Crippen LogP contribution in [-0.2, 0) is 0 Å². The molecule has 3 aromatic heterocycles. The van der Waals surface area contributed by atoms with Crippen molar-refractivity contribution in [1.82, 2.24) is 9.38 Å². The molecule has 0 amide bonds. The van der Waals surface area contributed by atoms with Crippen LogP contribution in [0.25, 0.3) is 16.2 Å². The van der Waals surface area contributed by atoms with Gasteiger partial charge >= 0.3 is 0 Å². The third kappa shape index (κ3) is 2.10. The molecule has 3 rings (SSSR count). The average molecular weight is 348 g/mol. The molecule has 0 aliphatic rings. The number of hydrogen-bond donors (Lipinski definition) is 0. The molecule has 0 spiro atoms. The minimum absolute atomic E-state index is 0.555. The van der Waals surface area contributed by atoms with Crippen LogP contribution in [0.2, 0.25) is 10.0 Å². The predicted octanol–water partition coefficient (Wildman–Crippen LogP) is 5.13. The van der Waals surface area contributed by atoms with Crippen LogP contribution in [0.5, 0.6) is 0 Å². The lowest BCUT2D eigenvalue weighted by molar-refractivity contribution is 1.19. The lowest BCUT2D eigenvalue weighted by Gasteiger charge is -1.95. The maximum absolute atomic E-state index is 6.09. The summed E-state index contributed by atoms with van der Waals surface area (Å²) in [5, 5.41) is 3.17. The topological polar surface area (TPSA) is 17.3 Å². The Morgan fingerprint density at radius 1 is 1.24 bits per heavy atom. The number of nitrogens with zero attached hydrogens (tertiary/aromatic N) is 2. The minimum atomic E-state index is 0.555. The zero-order chi connectivity index (χ0) is 12.0. The second kappa shape index (κ2) is 4.28. The van der Waals surface area contributed by atoms with E-state index in [-0.39, 0.29) is 0 Å². The van der Waals surface area contributed by atoms with Gasteiger partial charge in [0.1, 0.15) is 0 Å². The summed E-state index contributed by atoms with van der Waals surface area (Å²) in [7, 11) is 0. The van der Waals surface area contributed by atoms with Gasteiger partial charge in [0.2, 0.25) is 0 Å². The molecule has 0 aliphatic heterocycles. The number of imidazole rings is 1. The Morgan fingerprint density at radius 2 is 2.06 bits per heavy atom. The van der Waals surface area contributed by atoms with Crippen molar-refractivity contribution in [3.8, 4) is 10.6 Å². The van der Waals surface area contributed by atoms with Gasteiger partial charge in [-0.15, -0.1) is 11.3 Å². The Balaban J connectivity index is 2.23. The summed E-state index contributed by atoms with van der Waals surface area (Å²) in [6.45, 7) is 0. The molecule has 0 fully saturated rings. The van der Waals surface area contributed by atoms with E-state index in [1.165, 1.54) is 0 Å². The molecule has 0 bridgehead atoms. The fraction of sp³-hybridized carbons (Fsp3) is 0. The van der Waals surface area contributed by atoms with Crippen molar-refractivity contribution in [2.45, 2.75) is 0 Å². The molecule has 0 aliphatic carbocycles. The van der Waals surface area contributed by atoms with E-state index in [0.29, 0.717) is 10.0 Å². The number of rotatable bonds is 1. The van der Waals surface area contributed by atoms with Crippen molar-refractivity contribution in [2.24, 2.45) is 0 Å². The van der Waals surface area contributed by atoms with Crippen molar-refractivity contribution in [2.75, 3.05) is 0 Å². The van der Waals surface area contributed by atoms with Gasteiger partial charge in [-0.3, -0.25) is 0 Å². The van der Waals surface area contributed by atoms with Crippen LogP contribution in [0.3, 0.4) is 0 Å². The summed E-state index contributed by atoms with van der Waals surface area (Å²) in [6.07, 6.45) is 3.72. The van der Waals surface area contributed by atoms with Crippen LogP contribution in [0.15, 0.2) is 34.4 Å². The Labute approximate surface area is 120 Å². The largest absolute Gasteiger partial charge is 0.304 e. The van der Waals surface area contributed by atoms with Crippen molar-refractivity contribution >= 4 is 56.1 Å². The van der Waals surface area contributed by atoms with Gasteiger partial charge in [-0.2, -0.15) is 0 Å². The average Bonchev–Trinajstić information content (AvgIpc) is 2.83. The van der Waals surface area contributed by atoms with Gasteiger partial charge in [-0.05, 0) is 28.1 Å². The van der Waals surface area contributed by atoms with Crippen molar-refractivity contribution in [3.05, 3.63) is 44.4 Å². The third-order valence-corrected chi connectivity index (χ3v) is 4.49. The molecule has 6 heteroatoms. The van der Waals surface area contributed by atoms with Gasteiger partial charge in [0.15, 0.2) is 5.65 Å². The first kappa shape index (κ1) is 11.5. The Bertz CT molecular complexity index is 705. The first-order valence-corrected chi connectivity index (χ1v) is 7.14. The number of pyridine rings is 1. The number of thiophene rings is 1. The highest BCUT2D eigenvalue weighted by Crippen LogP contribution is 2.31. The molecule has 0 saturated carbocycles. The quantitative estimate of drug-likeness (QED) is 0.596.